The number of hydrogen-bond donors (Lipinski definition) is 1. The minimum Gasteiger partial charge on any atom is -0.309 e. The molecule has 2 aromatic carbocycles. The van der Waals surface area contributed by atoms with Gasteiger partial charge in [-0.15, -0.1) is 0 Å². The number of hydrogen-bond acceptors (Lipinski definition) is 1. The van der Waals surface area contributed by atoms with Crippen LogP contribution in [0.4, 0.5) is 0 Å². The predicted octanol–water partition coefficient (Wildman–Crippen LogP) is 4.88. The van der Waals surface area contributed by atoms with Crippen LogP contribution < -0.4 is 5.32 Å². The number of nitrogens with one attached hydrogen (secondary N) is 1. The van der Waals surface area contributed by atoms with Gasteiger partial charge in [0, 0.05) is 5.02 Å². The summed E-state index contributed by atoms with van der Waals surface area (Å²) in [5.74, 6) is 0. The van der Waals surface area contributed by atoms with E-state index in [4.69, 9.17) is 11.6 Å². The fraction of sp³-hybridized carbons (Fsp3) is 0.333. The predicted molar refractivity (Wildman–Crippen MR) is 87.7 cm³/mol. The molecular weight excluding hydrogens is 266 g/mol. The maximum absolute atomic E-state index is 6.21. The maximum Gasteiger partial charge on any atom is 0.0577 e. The smallest absolute Gasteiger partial charge is 0.0577 e. The molecule has 0 saturated carbocycles. The SMILES string of the molecule is CNC(c1cc(C)cc(C)c1)c1cc(C)c(Cl)cc1C. The van der Waals surface area contributed by atoms with Crippen LogP contribution in [0.1, 0.15) is 39.4 Å². The summed E-state index contributed by atoms with van der Waals surface area (Å²) in [7, 11) is 2.01. The van der Waals surface area contributed by atoms with Crippen LogP contribution >= 0.6 is 11.6 Å². The van der Waals surface area contributed by atoms with E-state index in [1.54, 1.807) is 0 Å². The molecule has 2 aromatic rings. The summed E-state index contributed by atoms with van der Waals surface area (Å²) >= 11 is 6.21. The van der Waals surface area contributed by atoms with Gasteiger partial charge in [-0.25, -0.2) is 0 Å². The Bertz CT molecular complexity index is 611. The van der Waals surface area contributed by atoms with Crippen molar-refractivity contribution in [1.29, 1.82) is 0 Å². The van der Waals surface area contributed by atoms with Crippen LogP contribution in [0.3, 0.4) is 0 Å². The molecule has 1 atom stereocenters. The van der Waals surface area contributed by atoms with Crippen LogP contribution in [-0.2, 0) is 0 Å². The van der Waals surface area contributed by atoms with E-state index in [9.17, 15) is 0 Å². The van der Waals surface area contributed by atoms with E-state index in [0.717, 1.165) is 10.6 Å². The molecule has 106 valence electrons. The molecular formula is C18H22ClN. The van der Waals surface area contributed by atoms with Crippen molar-refractivity contribution in [3.63, 3.8) is 0 Å². The van der Waals surface area contributed by atoms with Crippen LogP contribution in [0.5, 0.6) is 0 Å². The topological polar surface area (TPSA) is 12.0 Å². The maximum atomic E-state index is 6.21. The van der Waals surface area contributed by atoms with Crippen LogP contribution in [0, 0.1) is 27.7 Å². The molecule has 0 fully saturated rings. The van der Waals surface area contributed by atoms with Crippen molar-refractivity contribution in [3.8, 4) is 0 Å². The molecule has 1 unspecified atom stereocenters. The van der Waals surface area contributed by atoms with Crippen LogP contribution in [0.2, 0.25) is 5.02 Å². The first-order chi connectivity index (χ1) is 9.42. The molecule has 1 nitrogen and oxygen atoms in total. The number of benzene rings is 2. The lowest BCUT2D eigenvalue weighted by Gasteiger charge is -2.21. The van der Waals surface area contributed by atoms with E-state index in [1.165, 1.54) is 27.8 Å². The molecule has 0 aliphatic carbocycles. The van der Waals surface area contributed by atoms with Crippen molar-refractivity contribution < 1.29 is 0 Å². The third-order valence-corrected chi connectivity index (χ3v) is 4.13. The summed E-state index contributed by atoms with van der Waals surface area (Å²) < 4.78 is 0. The molecule has 0 radical (unpaired) electrons. The van der Waals surface area contributed by atoms with E-state index in [0.29, 0.717) is 0 Å². The second-order valence-corrected chi connectivity index (χ2v) is 6.01. The molecule has 20 heavy (non-hydrogen) atoms. The van der Waals surface area contributed by atoms with Crippen LogP contribution in [0.25, 0.3) is 0 Å². The van der Waals surface area contributed by atoms with Crippen molar-refractivity contribution in [3.05, 3.63) is 68.7 Å². The number of aryl methyl sites for hydroxylation is 4. The van der Waals surface area contributed by atoms with Gasteiger partial charge in [-0.05, 0) is 63.1 Å². The average molecular weight is 288 g/mol. The van der Waals surface area contributed by atoms with Crippen LogP contribution in [0.15, 0.2) is 30.3 Å². The molecule has 0 saturated heterocycles. The zero-order chi connectivity index (χ0) is 14.9. The summed E-state index contributed by atoms with van der Waals surface area (Å²) in [6, 6.07) is 11.1. The first-order valence-electron chi connectivity index (χ1n) is 6.94. The lowest BCUT2D eigenvalue weighted by molar-refractivity contribution is 0.686. The van der Waals surface area contributed by atoms with E-state index in [1.807, 2.05) is 7.05 Å². The molecule has 0 aliphatic rings. The highest BCUT2D eigenvalue weighted by Gasteiger charge is 2.16. The van der Waals surface area contributed by atoms with Crippen molar-refractivity contribution in [1.82, 2.24) is 5.32 Å². The van der Waals surface area contributed by atoms with Gasteiger partial charge in [0.2, 0.25) is 0 Å². The molecule has 0 heterocycles. The van der Waals surface area contributed by atoms with Crippen molar-refractivity contribution in [2.45, 2.75) is 33.7 Å². The zero-order valence-electron chi connectivity index (χ0n) is 12.8. The fourth-order valence-corrected chi connectivity index (χ4v) is 3.01. The van der Waals surface area contributed by atoms with E-state index in [2.05, 4.69) is 63.3 Å². The molecule has 2 heteroatoms. The standard InChI is InChI=1S/C18H22ClN/c1-11-6-12(2)8-15(7-11)18(20-5)16-9-14(4)17(19)10-13(16)3/h6-10,18,20H,1-5H3. The lowest BCUT2D eigenvalue weighted by atomic mass is 9.92. The van der Waals surface area contributed by atoms with E-state index >= 15 is 0 Å². The third kappa shape index (κ3) is 3.05. The average Bonchev–Trinajstić information content (AvgIpc) is 2.35. The zero-order valence-corrected chi connectivity index (χ0v) is 13.6. The molecule has 0 bridgehead atoms. The Morgan fingerprint density at radius 2 is 1.45 bits per heavy atom. The van der Waals surface area contributed by atoms with Gasteiger partial charge in [0.05, 0.1) is 6.04 Å². The monoisotopic (exact) mass is 287 g/mol. The quantitative estimate of drug-likeness (QED) is 0.848. The first kappa shape index (κ1) is 15.1. The van der Waals surface area contributed by atoms with Gasteiger partial charge in [0.1, 0.15) is 0 Å². The van der Waals surface area contributed by atoms with Gasteiger partial charge in [-0.3, -0.25) is 0 Å². The largest absolute Gasteiger partial charge is 0.309 e. The minimum absolute atomic E-state index is 0.199. The van der Waals surface area contributed by atoms with Crippen molar-refractivity contribution >= 4 is 11.6 Å². The molecule has 0 amide bonds. The van der Waals surface area contributed by atoms with Crippen molar-refractivity contribution in [2.24, 2.45) is 0 Å². The molecule has 2 rings (SSSR count). The Balaban J connectivity index is 2.55. The van der Waals surface area contributed by atoms with Gasteiger partial charge < -0.3 is 5.32 Å². The van der Waals surface area contributed by atoms with Crippen molar-refractivity contribution in [2.75, 3.05) is 7.05 Å². The Morgan fingerprint density at radius 3 is 2.00 bits per heavy atom. The molecule has 1 N–H and O–H groups in total. The first-order valence-corrected chi connectivity index (χ1v) is 7.32. The van der Waals surface area contributed by atoms with Gasteiger partial charge in [0.25, 0.3) is 0 Å². The highest BCUT2D eigenvalue weighted by molar-refractivity contribution is 6.31. The van der Waals surface area contributed by atoms with E-state index in [-0.39, 0.29) is 6.04 Å². The highest BCUT2D eigenvalue weighted by atomic mass is 35.5. The van der Waals surface area contributed by atoms with Gasteiger partial charge in [-0.1, -0.05) is 47.0 Å². The second-order valence-electron chi connectivity index (χ2n) is 5.60. The highest BCUT2D eigenvalue weighted by Crippen LogP contribution is 2.29. The minimum atomic E-state index is 0.199. The van der Waals surface area contributed by atoms with Gasteiger partial charge in [-0.2, -0.15) is 0 Å². The van der Waals surface area contributed by atoms with Gasteiger partial charge >= 0.3 is 0 Å². The summed E-state index contributed by atoms with van der Waals surface area (Å²) in [6.07, 6.45) is 0. The number of rotatable bonds is 3. The fourth-order valence-electron chi connectivity index (χ4n) is 2.79. The second kappa shape index (κ2) is 5.99. The molecule has 0 aliphatic heterocycles. The normalized spacial score (nSPS) is 12.5. The van der Waals surface area contributed by atoms with E-state index < -0.39 is 0 Å². The van der Waals surface area contributed by atoms with Gasteiger partial charge in [0.15, 0.2) is 0 Å². The lowest BCUT2D eigenvalue weighted by Crippen LogP contribution is -2.19. The number of halogens is 1. The van der Waals surface area contributed by atoms with Crippen LogP contribution in [-0.4, -0.2) is 7.05 Å². The Labute approximate surface area is 127 Å². The Hall–Kier alpha value is -1.31. The summed E-state index contributed by atoms with van der Waals surface area (Å²) in [5.41, 5.74) is 7.53. The summed E-state index contributed by atoms with van der Waals surface area (Å²) in [6.45, 7) is 8.46. The Kier molecular flexibility index (Phi) is 4.52. The molecule has 0 aromatic heterocycles. The molecule has 0 spiro atoms. The Morgan fingerprint density at radius 1 is 0.850 bits per heavy atom. The third-order valence-electron chi connectivity index (χ3n) is 3.72. The summed E-state index contributed by atoms with van der Waals surface area (Å²) in [4.78, 5) is 0. The summed E-state index contributed by atoms with van der Waals surface area (Å²) in [5, 5.41) is 4.27.